The highest BCUT2D eigenvalue weighted by Crippen LogP contribution is 2.84. The number of rotatable bonds is 0. The van der Waals surface area contributed by atoms with E-state index < -0.39 is 14.1 Å². The number of fused-ring (bicyclic) bond motifs is 12. The number of allylic oxidation sites excluding steroid dienone is 2. The first kappa shape index (κ1) is 12.9. The summed E-state index contributed by atoms with van der Waals surface area (Å²) < 4.78 is 4.35. The molecule has 0 unspecified atom stereocenters. The van der Waals surface area contributed by atoms with Crippen molar-refractivity contribution in [1.29, 1.82) is 0 Å². The van der Waals surface area contributed by atoms with Crippen molar-refractivity contribution in [2.75, 3.05) is 0 Å². The zero-order valence-corrected chi connectivity index (χ0v) is 13.9. The van der Waals surface area contributed by atoms with Crippen molar-refractivity contribution in [3.8, 4) is 0 Å². The lowest BCUT2D eigenvalue weighted by Gasteiger charge is -2.38. The minimum Gasteiger partial charge on any atom is -0.369 e. The Balaban J connectivity index is 1.80. The average molecular weight is 381 g/mol. The molecule has 7 heteroatoms. The largest absolute Gasteiger partial charge is 0.369 e. The van der Waals surface area contributed by atoms with E-state index in [0.29, 0.717) is 21.9 Å². The topological polar surface area (TPSA) is 12.5 Å². The van der Waals surface area contributed by atoms with Gasteiger partial charge < -0.3 is 4.74 Å². The summed E-state index contributed by atoms with van der Waals surface area (Å²) in [5.41, 5.74) is 0. The normalized spacial score (nSPS) is 66.6. The maximum atomic E-state index is 6.82. The van der Waals surface area contributed by atoms with Gasteiger partial charge in [0, 0.05) is 0 Å². The Hall–Kier alpha value is 1.44. The molecule has 104 valence electrons. The summed E-state index contributed by atoms with van der Waals surface area (Å²) in [5.74, 6) is 0.776. The number of hydrogen-bond acceptors (Lipinski definition) is 1. The first-order valence-electron chi connectivity index (χ1n) is 6.25. The van der Waals surface area contributed by atoms with Gasteiger partial charge in [0.2, 0.25) is 0 Å². The van der Waals surface area contributed by atoms with Crippen LogP contribution in [0.2, 0.25) is 0 Å². The third-order valence-corrected chi connectivity index (χ3v) is 10.2. The molecule has 4 fully saturated rings. The lowest BCUT2D eigenvalue weighted by Crippen LogP contribution is -2.46. The van der Waals surface area contributed by atoms with E-state index in [0.717, 1.165) is 6.42 Å². The van der Waals surface area contributed by atoms with E-state index >= 15 is 0 Å². The minimum atomic E-state index is -1.37. The second-order valence-corrected chi connectivity index (χ2v) is 9.58. The molecule has 0 radical (unpaired) electrons. The number of epoxide rings is 1. The van der Waals surface area contributed by atoms with Crippen LogP contribution in [0.25, 0.3) is 0 Å². The third kappa shape index (κ3) is 0.986. The Morgan fingerprint density at radius 2 is 1.26 bits per heavy atom. The minimum absolute atomic E-state index is 0.0467. The quantitative estimate of drug-likeness (QED) is 0.343. The van der Waals surface area contributed by atoms with Crippen molar-refractivity contribution in [2.45, 2.75) is 32.7 Å². The predicted molar refractivity (Wildman–Crippen MR) is 77.6 cm³/mol. The molecule has 5 rings (SSSR count). The van der Waals surface area contributed by atoms with Crippen LogP contribution in [0.4, 0.5) is 0 Å². The van der Waals surface area contributed by atoms with E-state index in [1.807, 2.05) is 0 Å². The predicted octanol–water partition coefficient (Wildman–Crippen LogP) is 4.48. The second-order valence-electron chi connectivity index (χ2n) is 6.31. The molecule has 0 aromatic carbocycles. The van der Waals surface area contributed by atoms with Gasteiger partial charge in [-0.2, -0.15) is 0 Å². The van der Waals surface area contributed by atoms with Crippen LogP contribution in [0, 0.1) is 23.7 Å². The van der Waals surface area contributed by atoms with Crippen LogP contribution < -0.4 is 0 Å². The van der Waals surface area contributed by atoms with Crippen molar-refractivity contribution in [3.63, 3.8) is 0 Å². The Bertz CT molecular complexity index is 516. The van der Waals surface area contributed by atoms with Gasteiger partial charge in [0.25, 0.3) is 0 Å². The maximum Gasteiger partial charge on any atom is 0.166 e. The lowest BCUT2D eigenvalue weighted by molar-refractivity contribution is 0.237. The van der Waals surface area contributed by atoms with Gasteiger partial charge in [-0.25, -0.2) is 0 Å². The van der Waals surface area contributed by atoms with Crippen LogP contribution in [-0.2, 0) is 4.74 Å². The van der Waals surface area contributed by atoms with E-state index in [1.54, 1.807) is 0 Å². The van der Waals surface area contributed by atoms with Gasteiger partial charge in [-0.3, -0.25) is 0 Å². The highest BCUT2D eigenvalue weighted by Gasteiger charge is 2.89. The van der Waals surface area contributed by atoms with Crippen LogP contribution in [-0.4, -0.2) is 26.3 Å². The van der Waals surface area contributed by atoms with Crippen LogP contribution in [0.1, 0.15) is 6.42 Å². The summed E-state index contributed by atoms with van der Waals surface area (Å²) in [7, 11) is 0. The van der Waals surface area contributed by atoms with Crippen LogP contribution in [0.3, 0.4) is 0 Å². The molecule has 0 aromatic rings. The Morgan fingerprint density at radius 3 is 1.68 bits per heavy atom. The molecule has 8 atom stereocenters. The molecule has 4 aliphatic carbocycles. The molecular weight excluding hydrogens is 373 g/mol. The summed E-state index contributed by atoms with van der Waals surface area (Å²) >= 11 is 39.5. The van der Waals surface area contributed by atoms with Crippen molar-refractivity contribution < 1.29 is 4.74 Å². The molecule has 1 nitrogen and oxygen atoms in total. The van der Waals surface area contributed by atoms with Gasteiger partial charge in [-0.05, 0) is 30.1 Å². The summed E-state index contributed by atoms with van der Waals surface area (Å²) in [6.07, 6.45) is 1.63. The zero-order valence-electron chi connectivity index (χ0n) is 9.35. The molecule has 1 saturated heterocycles. The first-order chi connectivity index (χ1) is 8.78. The molecule has 1 aliphatic heterocycles. The van der Waals surface area contributed by atoms with Crippen molar-refractivity contribution in [1.82, 2.24) is 0 Å². The van der Waals surface area contributed by atoms with Gasteiger partial charge in [-0.15, -0.1) is 23.2 Å². The summed E-state index contributed by atoms with van der Waals surface area (Å²) in [4.78, 5) is -2.17. The standard InChI is InChI=1S/C12H8Cl6O/c13-8-9(14)11(16)5-3-1-2(6-7(3)19-6)4(5)10(8,15)12(11,17)18/h2-7H,1H2/t2-,3+,4+,5-,6-,7-,10+,11-/m1/s1. The third-order valence-electron chi connectivity index (χ3n) is 5.92. The molecule has 4 bridgehead atoms. The number of ether oxygens (including phenoxy) is 1. The van der Waals surface area contributed by atoms with Crippen molar-refractivity contribution >= 4 is 69.6 Å². The molecule has 0 N–H and O–H groups in total. The molecule has 3 saturated carbocycles. The second kappa shape index (κ2) is 3.20. The van der Waals surface area contributed by atoms with Crippen LogP contribution >= 0.6 is 69.6 Å². The van der Waals surface area contributed by atoms with E-state index in [1.165, 1.54) is 0 Å². The summed E-state index contributed by atoms with van der Waals surface area (Å²) in [6, 6.07) is 0. The van der Waals surface area contributed by atoms with E-state index in [2.05, 4.69) is 0 Å². The molecule has 1 heterocycles. The number of hydrogen-bond donors (Lipinski definition) is 0. The van der Waals surface area contributed by atoms with E-state index in [-0.39, 0.29) is 24.0 Å². The van der Waals surface area contributed by atoms with E-state index in [4.69, 9.17) is 74.3 Å². The van der Waals surface area contributed by atoms with Crippen molar-refractivity contribution in [2.24, 2.45) is 23.7 Å². The Labute approximate surface area is 140 Å². The fourth-order valence-corrected chi connectivity index (χ4v) is 8.43. The highest BCUT2D eigenvalue weighted by molar-refractivity contribution is 6.65. The number of alkyl halides is 4. The Kier molecular flexibility index (Phi) is 2.18. The maximum absolute atomic E-state index is 6.82. The first-order valence-corrected chi connectivity index (χ1v) is 8.52. The zero-order chi connectivity index (χ0) is 13.5. The molecule has 0 spiro atoms. The fourth-order valence-electron chi connectivity index (χ4n) is 5.30. The van der Waals surface area contributed by atoms with Crippen LogP contribution in [0.15, 0.2) is 10.1 Å². The molecule has 0 amide bonds. The van der Waals surface area contributed by atoms with Gasteiger partial charge in [0.1, 0.15) is 9.75 Å². The average Bonchev–Trinajstić information content (AvgIpc) is 2.91. The molecule has 19 heavy (non-hydrogen) atoms. The summed E-state index contributed by atoms with van der Waals surface area (Å²) in [6.45, 7) is 0. The highest BCUT2D eigenvalue weighted by atomic mass is 35.5. The molecular formula is C12H8Cl6O. The van der Waals surface area contributed by atoms with Gasteiger partial charge in [0.15, 0.2) is 4.33 Å². The monoisotopic (exact) mass is 378 g/mol. The summed E-state index contributed by atoms with van der Waals surface area (Å²) in [5, 5.41) is 0.642. The Morgan fingerprint density at radius 1 is 0.842 bits per heavy atom. The van der Waals surface area contributed by atoms with Gasteiger partial charge in [0.05, 0.1) is 22.3 Å². The smallest absolute Gasteiger partial charge is 0.166 e. The SMILES string of the molecule is ClC1=C(Cl)[C@]2(Cl)[C@@H]3[C@@H]4C[C@@H]([C@H]5O[C@H]45)[C@@H]3[C@@]1(Cl)C2(Cl)Cl. The molecule has 5 aliphatic rings. The lowest BCUT2D eigenvalue weighted by atomic mass is 9.73. The molecule has 0 aromatic heterocycles. The fraction of sp³-hybridized carbons (Fsp3) is 0.833. The van der Waals surface area contributed by atoms with Crippen LogP contribution in [0.5, 0.6) is 0 Å². The van der Waals surface area contributed by atoms with Gasteiger partial charge in [-0.1, -0.05) is 46.4 Å². The van der Waals surface area contributed by atoms with E-state index in [9.17, 15) is 0 Å². The van der Waals surface area contributed by atoms with Gasteiger partial charge >= 0.3 is 0 Å². The number of halogens is 6. The van der Waals surface area contributed by atoms with Crippen molar-refractivity contribution in [3.05, 3.63) is 10.1 Å².